The van der Waals surface area contributed by atoms with Crippen molar-refractivity contribution in [1.82, 2.24) is 9.62 Å². The van der Waals surface area contributed by atoms with E-state index in [4.69, 9.17) is 10.2 Å². The molecular weight excluding hydrogens is 232 g/mol. The van der Waals surface area contributed by atoms with Crippen molar-refractivity contribution in [1.29, 1.82) is 0 Å². The van der Waals surface area contributed by atoms with Gasteiger partial charge in [-0.05, 0) is 0 Å². The first-order valence-electron chi connectivity index (χ1n) is 5.37. The maximum absolute atomic E-state index is 11.8. The molecule has 0 unspecified atom stereocenters. The molecule has 0 aliphatic rings. The highest BCUT2D eigenvalue weighted by molar-refractivity contribution is 7.89. The van der Waals surface area contributed by atoms with Gasteiger partial charge in [-0.2, -0.15) is 4.31 Å². The van der Waals surface area contributed by atoms with Gasteiger partial charge in [-0.15, -0.1) is 0 Å². The predicted octanol–water partition coefficient (Wildman–Crippen LogP) is -1.40. The molecule has 0 atom stereocenters. The van der Waals surface area contributed by atoms with E-state index in [1.807, 2.05) is 13.8 Å². The lowest BCUT2D eigenvalue weighted by Gasteiger charge is -2.20. The fourth-order valence-electron chi connectivity index (χ4n) is 1.22. The van der Waals surface area contributed by atoms with Crippen molar-refractivity contribution in [2.75, 3.05) is 38.6 Å². The van der Waals surface area contributed by atoms with E-state index < -0.39 is 10.0 Å². The van der Waals surface area contributed by atoms with E-state index in [0.29, 0.717) is 6.54 Å². The summed E-state index contributed by atoms with van der Waals surface area (Å²) in [6.45, 7) is 3.83. The van der Waals surface area contributed by atoms with Gasteiger partial charge in [-0.25, -0.2) is 8.42 Å². The van der Waals surface area contributed by atoms with Crippen LogP contribution in [0.3, 0.4) is 0 Å². The third-order valence-corrected chi connectivity index (χ3v) is 3.88. The molecule has 0 aliphatic heterocycles. The summed E-state index contributed by atoms with van der Waals surface area (Å²) in [7, 11) is -3.39. The fraction of sp³-hybridized carbons (Fsp3) is 1.00. The van der Waals surface area contributed by atoms with Gasteiger partial charge in [0.2, 0.25) is 10.0 Å². The van der Waals surface area contributed by atoms with Crippen molar-refractivity contribution in [3.8, 4) is 0 Å². The number of sulfonamides is 1. The molecule has 98 valence electrons. The van der Waals surface area contributed by atoms with Crippen LogP contribution in [0.25, 0.3) is 0 Å². The molecular formula is C9H22N2O4S. The van der Waals surface area contributed by atoms with Crippen LogP contribution in [0.2, 0.25) is 0 Å². The van der Waals surface area contributed by atoms with E-state index in [0.717, 1.165) is 4.31 Å². The SMILES string of the molecule is CC(C)NCCS(=O)(=O)N(CCO)CCO. The van der Waals surface area contributed by atoms with Crippen molar-refractivity contribution in [2.45, 2.75) is 19.9 Å². The van der Waals surface area contributed by atoms with Gasteiger partial charge < -0.3 is 15.5 Å². The molecule has 0 aromatic heterocycles. The van der Waals surface area contributed by atoms with Crippen molar-refractivity contribution < 1.29 is 18.6 Å². The molecule has 0 saturated carbocycles. The normalized spacial score (nSPS) is 12.6. The van der Waals surface area contributed by atoms with Gasteiger partial charge in [-0.3, -0.25) is 0 Å². The Balaban J connectivity index is 4.24. The Morgan fingerprint density at radius 2 is 1.69 bits per heavy atom. The minimum atomic E-state index is -3.39. The van der Waals surface area contributed by atoms with Gasteiger partial charge in [0.1, 0.15) is 0 Å². The number of aliphatic hydroxyl groups is 2. The number of hydrogen-bond acceptors (Lipinski definition) is 5. The molecule has 0 spiro atoms. The van der Waals surface area contributed by atoms with Crippen molar-refractivity contribution in [3.05, 3.63) is 0 Å². The van der Waals surface area contributed by atoms with Gasteiger partial charge in [0.25, 0.3) is 0 Å². The Labute approximate surface area is 97.3 Å². The van der Waals surface area contributed by atoms with E-state index in [2.05, 4.69) is 5.32 Å². The second-order valence-electron chi connectivity index (χ2n) is 3.77. The van der Waals surface area contributed by atoms with E-state index in [9.17, 15) is 8.42 Å². The van der Waals surface area contributed by atoms with Crippen LogP contribution in [0.5, 0.6) is 0 Å². The lowest BCUT2D eigenvalue weighted by molar-refractivity contribution is 0.217. The third-order valence-electron chi connectivity index (χ3n) is 2.00. The average molecular weight is 254 g/mol. The van der Waals surface area contributed by atoms with E-state index >= 15 is 0 Å². The highest BCUT2D eigenvalue weighted by Gasteiger charge is 2.20. The molecule has 7 heteroatoms. The van der Waals surface area contributed by atoms with E-state index in [-0.39, 0.29) is 38.1 Å². The summed E-state index contributed by atoms with van der Waals surface area (Å²) < 4.78 is 24.6. The van der Waals surface area contributed by atoms with Crippen LogP contribution in [0.15, 0.2) is 0 Å². The molecule has 6 nitrogen and oxygen atoms in total. The molecule has 0 amide bonds. The smallest absolute Gasteiger partial charge is 0.215 e. The molecule has 16 heavy (non-hydrogen) atoms. The molecule has 0 saturated heterocycles. The summed E-state index contributed by atoms with van der Waals surface area (Å²) in [6.07, 6.45) is 0. The Kier molecular flexibility index (Phi) is 7.86. The zero-order valence-electron chi connectivity index (χ0n) is 9.89. The number of nitrogens with one attached hydrogen (secondary N) is 1. The van der Waals surface area contributed by atoms with Crippen LogP contribution in [-0.4, -0.2) is 67.6 Å². The van der Waals surface area contributed by atoms with Crippen molar-refractivity contribution in [2.24, 2.45) is 0 Å². The summed E-state index contributed by atoms with van der Waals surface area (Å²) in [4.78, 5) is 0. The number of hydrogen-bond donors (Lipinski definition) is 3. The van der Waals surface area contributed by atoms with Gasteiger partial charge in [-0.1, -0.05) is 13.8 Å². The van der Waals surface area contributed by atoms with Crippen LogP contribution >= 0.6 is 0 Å². The zero-order valence-corrected chi connectivity index (χ0v) is 10.7. The summed E-state index contributed by atoms with van der Waals surface area (Å²) in [5.74, 6) is -0.0226. The Morgan fingerprint density at radius 3 is 2.06 bits per heavy atom. The van der Waals surface area contributed by atoms with Crippen LogP contribution in [0.4, 0.5) is 0 Å². The molecule has 0 fully saturated rings. The van der Waals surface area contributed by atoms with Crippen LogP contribution < -0.4 is 5.32 Å². The molecule has 0 rings (SSSR count). The number of nitrogens with zero attached hydrogens (tertiary/aromatic N) is 1. The summed E-state index contributed by atoms with van der Waals surface area (Å²) in [6, 6.07) is 0.235. The second-order valence-corrected chi connectivity index (χ2v) is 5.86. The molecule has 0 heterocycles. The lowest BCUT2D eigenvalue weighted by Crippen LogP contribution is -2.40. The van der Waals surface area contributed by atoms with Crippen LogP contribution in [-0.2, 0) is 10.0 Å². The molecule has 0 aromatic carbocycles. The standard InChI is InChI=1S/C9H22N2O4S/c1-9(2)10-3-8-16(14,15)11(4-6-12)5-7-13/h9-10,12-13H,3-8H2,1-2H3. The molecule has 0 aliphatic carbocycles. The highest BCUT2D eigenvalue weighted by Crippen LogP contribution is 2.00. The summed E-state index contributed by atoms with van der Waals surface area (Å²) in [5.41, 5.74) is 0. The largest absolute Gasteiger partial charge is 0.395 e. The van der Waals surface area contributed by atoms with Gasteiger partial charge in [0, 0.05) is 25.7 Å². The molecule has 0 radical (unpaired) electrons. The van der Waals surface area contributed by atoms with E-state index in [1.54, 1.807) is 0 Å². The van der Waals surface area contributed by atoms with Crippen molar-refractivity contribution in [3.63, 3.8) is 0 Å². The maximum atomic E-state index is 11.8. The fourth-order valence-corrected chi connectivity index (χ4v) is 2.57. The lowest BCUT2D eigenvalue weighted by atomic mass is 10.4. The van der Waals surface area contributed by atoms with Crippen LogP contribution in [0, 0.1) is 0 Å². The molecule has 0 bridgehead atoms. The number of rotatable bonds is 9. The summed E-state index contributed by atoms with van der Waals surface area (Å²) in [5, 5.41) is 20.5. The van der Waals surface area contributed by atoms with Gasteiger partial charge in [0.15, 0.2) is 0 Å². The third kappa shape index (κ3) is 6.39. The number of aliphatic hydroxyl groups excluding tert-OH is 2. The first-order chi connectivity index (χ1) is 7.44. The van der Waals surface area contributed by atoms with Crippen LogP contribution in [0.1, 0.15) is 13.8 Å². The molecule has 0 aromatic rings. The quantitative estimate of drug-likeness (QED) is 0.471. The first-order valence-corrected chi connectivity index (χ1v) is 6.98. The summed E-state index contributed by atoms with van der Waals surface area (Å²) >= 11 is 0. The highest BCUT2D eigenvalue weighted by atomic mass is 32.2. The Hall–Kier alpha value is -0.210. The average Bonchev–Trinajstić information content (AvgIpc) is 2.16. The van der Waals surface area contributed by atoms with Gasteiger partial charge in [0.05, 0.1) is 19.0 Å². The van der Waals surface area contributed by atoms with Gasteiger partial charge >= 0.3 is 0 Å². The topological polar surface area (TPSA) is 89.9 Å². The predicted molar refractivity (Wildman–Crippen MR) is 62.7 cm³/mol. The Bertz CT molecular complexity index is 261. The van der Waals surface area contributed by atoms with E-state index in [1.165, 1.54) is 0 Å². The monoisotopic (exact) mass is 254 g/mol. The maximum Gasteiger partial charge on any atom is 0.215 e. The first kappa shape index (κ1) is 15.8. The molecule has 3 N–H and O–H groups in total. The Morgan fingerprint density at radius 1 is 1.19 bits per heavy atom. The second kappa shape index (κ2) is 7.97. The zero-order chi connectivity index (χ0) is 12.6. The minimum absolute atomic E-state index is 0.0226. The van der Waals surface area contributed by atoms with Crippen molar-refractivity contribution >= 4 is 10.0 Å². The minimum Gasteiger partial charge on any atom is -0.395 e.